The van der Waals surface area contributed by atoms with Crippen molar-refractivity contribution in [3.05, 3.63) is 30.7 Å². The molecule has 0 spiro atoms. The number of piperidine rings is 2. The molecule has 9 nitrogen and oxygen atoms in total. The molecule has 2 N–H and O–H groups in total. The van der Waals surface area contributed by atoms with Gasteiger partial charge in [-0.3, -0.25) is 4.68 Å². The van der Waals surface area contributed by atoms with Crippen molar-refractivity contribution >= 4 is 5.82 Å². The Bertz CT molecular complexity index is 1100. The van der Waals surface area contributed by atoms with E-state index >= 15 is 0 Å². The van der Waals surface area contributed by atoms with Crippen LogP contribution in [0.5, 0.6) is 5.75 Å². The molecule has 2 saturated heterocycles. The lowest BCUT2D eigenvalue weighted by Gasteiger charge is -2.45. The van der Waals surface area contributed by atoms with Crippen molar-refractivity contribution in [1.82, 2.24) is 35.3 Å². The molecule has 6 rings (SSSR count). The number of aromatic hydroxyl groups is 1. The van der Waals surface area contributed by atoms with Crippen molar-refractivity contribution in [1.29, 1.82) is 0 Å². The maximum atomic E-state index is 10.6. The van der Waals surface area contributed by atoms with Crippen molar-refractivity contribution in [2.24, 2.45) is 7.05 Å². The third-order valence-electron chi connectivity index (χ3n) is 6.93. The zero-order chi connectivity index (χ0) is 21.7. The fraction of sp³-hybridized carbons (Fsp3) is 0.522. The molecule has 0 radical (unpaired) electrons. The Morgan fingerprint density at radius 2 is 1.81 bits per heavy atom. The fourth-order valence-electron chi connectivity index (χ4n) is 5.33. The first-order valence-corrected chi connectivity index (χ1v) is 11.6. The predicted octanol–water partition coefficient (Wildman–Crippen LogP) is 2.68. The number of rotatable bonds is 5. The van der Waals surface area contributed by atoms with Crippen LogP contribution in [0.25, 0.3) is 22.8 Å². The molecule has 1 unspecified atom stereocenters. The van der Waals surface area contributed by atoms with Gasteiger partial charge in [0.15, 0.2) is 17.5 Å². The van der Waals surface area contributed by atoms with E-state index in [1.54, 1.807) is 23.1 Å². The van der Waals surface area contributed by atoms with E-state index < -0.39 is 0 Å². The SMILES string of the molecule is Cn1cnc(-c2ccc(-c3ncc(N(C4CC4)C4C[C@H]5CCC[C@@H](C4)N5)nn3)c(O)c2)n1. The smallest absolute Gasteiger partial charge is 0.185 e. The van der Waals surface area contributed by atoms with Gasteiger partial charge in [0, 0.05) is 36.8 Å². The number of fused-ring (bicyclic) bond motifs is 2. The molecule has 166 valence electrons. The fourth-order valence-corrected chi connectivity index (χ4v) is 5.33. The molecule has 9 heteroatoms. The van der Waals surface area contributed by atoms with Gasteiger partial charge < -0.3 is 15.3 Å². The molecule has 3 aromatic rings. The van der Waals surface area contributed by atoms with Crippen LogP contribution in [0, 0.1) is 0 Å². The lowest BCUT2D eigenvalue weighted by molar-refractivity contribution is 0.215. The van der Waals surface area contributed by atoms with Gasteiger partial charge in [-0.1, -0.05) is 12.5 Å². The molecule has 3 atom stereocenters. The van der Waals surface area contributed by atoms with Crippen molar-refractivity contribution < 1.29 is 5.11 Å². The van der Waals surface area contributed by atoms with Gasteiger partial charge in [0.05, 0.1) is 11.8 Å². The normalized spacial score (nSPS) is 25.0. The molecule has 2 aromatic heterocycles. The first kappa shape index (κ1) is 19.6. The van der Waals surface area contributed by atoms with Crippen molar-refractivity contribution in [2.75, 3.05) is 4.90 Å². The van der Waals surface area contributed by atoms with E-state index in [0.717, 1.165) is 11.4 Å². The van der Waals surface area contributed by atoms with Gasteiger partial charge in [-0.15, -0.1) is 10.2 Å². The molecular formula is C23H28N8O. The standard InChI is InChI=1S/C23H28N8O/c1-30-13-25-22(29-30)14-5-8-19(20(32)9-14)23-24-12-21(27-28-23)31(17-6-7-17)18-10-15-3-2-4-16(11-18)26-15/h5,8-9,12-13,15-18,26,32H,2-4,6-7,10-11H2,1H3/t15-,16+,18?. The Hall–Kier alpha value is -3.07. The zero-order valence-electron chi connectivity index (χ0n) is 18.2. The monoisotopic (exact) mass is 432 g/mol. The average Bonchev–Trinajstić information content (AvgIpc) is 3.53. The minimum atomic E-state index is 0.0923. The molecular weight excluding hydrogens is 404 g/mol. The highest BCUT2D eigenvalue weighted by Gasteiger charge is 2.40. The quantitative estimate of drug-likeness (QED) is 0.634. The Kier molecular flexibility index (Phi) is 4.78. The number of aryl methyl sites for hydroxylation is 1. The van der Waals surface area contributed by atoms with Gasteiger partial charge in [0.2, 0.25) is 0 Å². The van der Waals surface area contributed by atoms with Gasteiger partial charge in [-0.25, -0.2) is 9.97 Å². The summed E-state index contributed by atoms with van der Waals surface area (Å²) in [7, 11) is 1.81. The largest absolute Gasteiger partial charge is 0.507 e. The summed E-state index contributed by atoms with van der Waals surface area (Å²) >= 11 is 0. The Balaban J connectivity index is 1.24. The minimum absolute atomic E-state index is 0.0923. The van der Waals surface area contributed by atoms with Crippen LogP contribution in [0.4, 0.5) is 5.82 Å². The molecule has 0 amide bonds. The van der Waals surface area contributed by atoms with Crippen LogP contribution >= 0.6 is 0 Å². The number of nitrogens with one attached hydrogen (secondary N) is 1. The number of nitrogens with zero attached hydrogens (tertiary/aromatic N) is 7. The highest BCUT2D eigenvalue weighted by Crippen LogP contribution is 2.38. The van der Waals surface area contributed by atoms with Crippen LogP contribution in [-0.2, 0) is 7.05 Å². The topological polar surface area (TPSA) is 105 Å². The number of phenolic OH excluding ortho intramolecular Hbond substituents is 1. The number of hydrogen-bond acceptors (Lipinski definition) is 8. The van der Waals surface area contributed by atoms with Gasteiger partial charge in [-0.2, -0.15) is 5.10 Å². The molecule has 1 aliphatic carbocycles. The van der Waals surface area contributed by atoms with Crippen molar-refractivity contribution in [3.63, 3.8) is 0 Å². The Labute approximate surface area is 186 Å². The Morgan fingerprint density at radius 1 is 1.00 bits per heavy atom. The number of hydrogen-bond donors (Lipinski definition) is 2. The number of anilines is 1. The molecule has 3 aliphatic rings. The van der Waals surface area contributed by atoms with Gasteiger partial charge in [-0.05, 0) is 50.7 Å². The maximum Gasteiger partial charge on any atom is 0.185 e. The zero-order valence-corrected chi connectivity index (χ0v) is 18.2. The lowest BCUT2D eigenvalue weighted by Crippen LogP contribution is -2.55. The summed E-state index contributed by atoms with van der Waals surface area (Å²) in [5.41, 5.74) is 1.30. The number of aromatic nitrogens is 6. The van der Waals surface area contributed by atoms with Gasteiger partial charge in [0.1, 0.15) is 12.1 Å². The van der Waals surface area contributed by atoms with Crippen LogP contribution in [0.2, 0.25) is 0 Å². The van der Waals surface area contributed by atoms with Crippen LogP contribution in [0.15, 0.2) is 30.7 Å². The van der Waals surface area contributed by atoms with E-state index in [-0.39, 0.29) is 5.75 Å². The minimum Gasteiger partial charge on any atom is -0.507 e. The van der Waals surface area contributed by atoms with Crippen LogP contribution in [-0.4, -0.2) is 59.2 Å². The third-order valence-corrected chi connectivity index (χ3v) is 6.93. The maximum absolute atomic E-state index is 10.6. The molecule has 1 saturated carbocycles. The molecule has 1 aromatic carbocycles. The third kappa shape index (κ3) is 3.70. The van der Waals surface area contributed by atoms with E-state index in [1.807, 2.05) is 19.3 Å². The Morgan fingerprint density at radius 3 is 2.44 bits per heavy atom. The van der Waals surface area contributed by atoms with E-state index in [9.17, 15) is 5.11 Å². The molecule has 2 aliphatic heterocycles. The lowest BCUT2D eigenvalue weighted by atomic mass is 9.83. The highest BCUT2D eigenvalue weighted by atomic mass is 16.3. The van der Waals surface area contributed by atoms with Gasteiger partial charge >= 0.3 is 0 Å². The first-order valence-electron chi connectivity index (χ1n) is 11.6. The molecule has 32 heavy (non-hydrogen) atoms. The highest BCUT2D eigenvalue weighted by molar-refractivity contribution is 5.70. The second-order valence-electron chi connectivity index (χ2n) is 9.37. The summed E-state index contributed by atoms with van der Waals surface area (Å²) in [6.07, 6.45) is 12.1. The van der Waals surface area contributed by atoms with E-state index in [4.69, 9.17) is 0 Å². The van der Waals surface area contributed by atoms with Crippen LogP contribution in [0.3, 0.4) is 0 Å². The number of phenols is 1. The summed E-state index contributed by atoms with van der Waals surface area (Å²) in [5, 5.41) is 27.6. The average molecular weight is 433 g/mol. The second kappa shape index (κ2) is 7.81. The van der Waals surface area contributed by atoms with Crippen LogP contribution < -0.4 is 10.2 Å². The molecule has 2 bridgehead atoms. The van der Waals surface area contributed by atoms with E-state index in [1.165, 1.54) is 44.9 Å². The first-order chi connectivity index (χ1) is 15.6. The van der Waals surface area contributed by atoms with E-state index in [0.29, 0.717) is 41.4 Å². The van der Waals surface area contributed by atoms with E-state index in [2.05, 4.69) is 35.5 Å². The summed E-state index contributed by atoms with van der Waals surface area (Å²) in [6.45, 7) is 0. The summed E-state index contributed by atoms with van der Waals surface area (Å²) in [4.78, 5) is 11.3. The molecule has 3 fully saturated rings. The number of benzene rings is 1. The predicted molar refractivity (Wildman–Crippen MR) is 120 cm³/mol. The van der Waals surface area contributed by atoms with Crippen molar-refractivity contribution in [2.45, 2.75) is 69.1 Å². The van der Waals surface area contributed by atoms with Crippen molar-refractivity contribution in [3.8, 4) is 28.5 Å². The molecule has 4 heterocycles. The summed E-state index contributed by atoms with van der Waals surface area (Å²) in [6, 6.07) is 7.61. The second-order valence-corrected chi connectivity index (χ2v) is 9.37. The summed E-state index contributed by atoms with van der Waals surface area (Å²) < 4.78 is 1.63. The summed E-state index contributed by atoms with van der Waals surface area (Å²) in [5.74, 6) is 1.94. The van der Waals surface area contributed by atoms with Crippen LogP contribution in [0.1, 0.15) is 44.9 Å². The van der Waals surface area contributed by atoms with Gasteiger partial charge in [0.25, 0.3) is 0 Å².